The van der Waals surface area contributed by atoms with E-state index in [2.05, 4.69) is 28.8 Å². The summed E-state index contributed by atoms with van der Waals surface area (Å²) in [4.78, 5) is 26.8. The Morgan fingerprint density at radius 2 is 1.86 bits per heavy atom. The average Bonchev–Trinajstić information content (AvgIpc) is 3.08. The SMILES string of the molecule is CCC(c1nc2sc(F)nc2c(=O)n1Cc1ccccc1)N1CCN(C)CC1. The minimum absolute atomic E-state index is 0.0136. The third-order valence-electron chi connectivity index (χ3n) is 5.37. The molecule has 1 aromatic carbocycles. The number of aromatic nitrogens is 3. The van der Waals surface area contributed by atoms with Crippen LogP contribution < -0.4 is 5.56 Å². The predicted octanol–water partition coefficient (Wildman–Crippen LogP) is 2.74. The van der Waals surface area contributed by atoms with E-state index >= 15 is 0 Å². The van der Waals surface area contributed by atoms with Crippen molar-refractivity contribution < 1.29 is 4.39 Å². The van der Waals surface area contributed by atoms with Gasteiger partial charge in [0, 0.05) is 26.2 Å². The quantitative estimate of drug-likeness (QED) is 0.658. The monoisotopic (exact) mass is 401 g/mol. The molecular formula is C20H24FN5OS. The summed E-state index contributed by atoms with van der Waals surface area (Å²) >= 11 is 0.841. The number of rotatable bonds is 5. The molecule has 2 aromatic heterocycles. The second-order valence-corrected chi connectivity index (χ2v) is 8.16. The van der Waals surface area contributed by atoms with Crippen LogP contribution in [0.3, 0.4) is 0 Å². The van der Waals surface area contributed by atoms with Gasteiger partial charge in [-0.15, -0.1) is 0 Å². The molecule has 3 heterocycles. The van der Waals surface area contributed by atoms with Crippen molar-refractivity contribution in [3.05, 3.63) is 57.3 Å². The van der Waals surface area contributed by atoms with Crippen LogP contribution in [0.2, 0.25) is 0 Å². The third-order valence-corrected chi connectivity index (χ3v) is 6.11. The minimum atomic E-state index is -0.615. The van der Waals surface area contributed by atoms with E-state index in [1.54, 1.807) is 4.57 Å². The van der Waals surface area contributed by atoms with Gasteiger partial charge in [-0.1, -0.05) is 48.6 Å². The largest absolute Gasteiger partial charge is 0.304 e. The summed E-state index contributed by atoms with van der Waals surface area (Å²) in [6.45, 7) is 6.32. The van der Waals surface area contributed by atoms with Crippen molar-refractivity contribution in [2.45, 2.75) is 25.9 Å². The van der Waals surface area contributed by atoms with Crippen LogP contribution in [0.25, 0.3) is 10.3 Å². The summed E-state index contributed by atoms with van der Waals surface area (Å²) in [5.74, 6) is 0.706. The van der Waals surface area contributed by atoms with E-state index in [0.717, 1.165) is 49.5 Å². The molecule has 1 saturated heterocycles. The van der Waals surface area contributed by atoms with Gasteiger partial charge in [0.05, 0.1) is 12.6 Å². The molecular weight excluding hydrogens is 377 g/mol. The Balaban J connectivity index is 1.82. The zero-order valence-electron chi connectivity index (χ0n) is 16.1. The third kappa shape index (κ3) is 3.72. The lowest BCUT2D eigenvalue weighted by Gasteiger charge is -2.37. The van der Waals surface area contributed by atoms with Crippen LogP contribution >= 0.6 is 11.3 Å². The fraction of sp³-hybridized carbons (Fsp3) is 0.450. The van der Waals surface area contributed by atoms with Crippen LogP contribution in [-0.4, -0.2) is 57.6 Å². The number of hydrogen-bond acceptors (Lipinski definition) is 6. The molecule has 0 amide bonds. The molecule has 0 N–H and O–H groups in total. The van der Waals surface area contributed by atoms with Crippen LogP contribution in [0.1, 0.15) is 30.8 Å². The fourth-order valence-corrected chi connectivity index (χ4v) is 4.47. The van der Waals surface area contributed by atoms with Crippen molar-refractivity contribution >= 4 is 21.7 Å². The summed E-state index contributed by atoms with van der Waals surface area (Å²) in [7, 11) is 2.12. The van der Waals surface area contributed by atoms with Crippen LogP contribution in [0.4, 0.5) is 4.39 Å². The van der Waals surface area contributed by atoms with Gasteiger partial charge in [-0.2, -0.15) is 4.39 Å². The summed E-state index contributed by atoms with van der Waals surface area (Å²) in [6.07, 6.45) is 0.831. The second-order valence-electron chi connectivity index (χ2n) is 7.23. The normalized spacial score (nSPS) is 17.2. The van der Waals surface area contributed by atoms with Crippen LogP contribution in [0.5, 0.6) is 0 Å². The Kier molecular flexibility index (Phi) is 5.52. The number of nitrogens with zero attached hydrogens (tertiary/aromatic N) is 5. The molecule has 0 radical (unpaired) electrons. The summed E-state index contributed by atoms with van der Waals surface area (Å²) in [5, 5.41) is -0.615. The van der Waals surface area contributed by atoms with Gasteiger partial charge in [0.2, 0.25) is 0 Å². The molecule has 3 aromatic rings. The number of hydrogen-bond donors (Lipinski definition) is 0. The summed E-state index contributed by atoms with van der Waals surface area (Å²) < 4.78 is 15.5. The first-order chi connectivity index (χ1) is 13.6. The molecule has 1 aliphatic rings. The van der Waals surface area contributed by atoms with Gasteiger partial charge in [-0.25, -0.2) is 9.97 Å². The molecule has 6 nitrogen and oxygen atoms in total. The number of benzene rings is 1. The molecule has 0 spiro atoms. The maximum absolute atomic E-state index is 13.8. The van der Waals surface area contributed by atoms with Crippen molar-refractivity contribution in [2.24, 2.45) is 0 Å². The first kappa shape index (κ1) is 19.2. The Bertz CT molecular complexity index is 1010. The van der Waals surface area contributed by atoms with Crippen molar-refractivity contribution in [2.75, 3.05) is 33.2 Å². The van der Waals surface area contributed by atoms with Gasteiger partial charge >= 0.3 is 0 Å². The topological polar surface area (TPSA) is 54.3 Å². The molecule has 0 saturated carbocycles. The fourth-order valence-electron chi connectivity index (χ4n) is 3.81. The Hall–Kier alpha value is -2.16. The number of thiazole rings is 1. The Labute approximate surface area is 167 Å². The van der Waals surface area contributed by atoms with E-state index in [4.69, 9.17) is 4.98 Å². The molecule has 1 atom stereocenters. The molecule has 4 rings (SSSR count). The lowest BCUT2D eigenvalue weighted by atomic mass is 10.1. The molecule has 1 aliphatic heterocycles. The average molecular weight is 402 g/mol. The maximum Gasteiger partial charge on any atom is 0.281 e. The van der Waals surface area contributed by atoms with Gasteiger partial charge in [0.1, 0.15) is 5.82 Å². The van der Waals surface area contributed by atoms with Gasteiger partial charge in [-0.05, 0) is 19.0 Å². The Morgan fingerprint density at radius 1 is 1.14 bits per heavy atom. The second kappa shape index (κ2) is 8.06. The van der Waals surface area contributed by atoms with Crippen molar-refractivity contribution in [3.63, 3.8) is 0 Å². The number of piperazine rings is 1. The van der Waals surface area contributed by atoms with E-state index in [1.165, 1.54) is 0 Å². The molecule has 1 fully saturated rings. The standard InChI is InChI=1S/C20H24FN5OS/c1-3-15(25-11-9-24(2)10-12-25)17-23-18-16(22-20(21)28-18)19(27)26(17)13-14-7-5-4-6-8-14/h4-8,15H,3,9-13H2,1-2H3. The van der Waals surface area contributed by atoms with Crippen LogP contribution in [0, 0.1) is 5.26 Å². The molecule has 1 unspecified atom stereocenters. The zero-order chi connectivity index (χ0) is 19.7. The van der Waals surface area contributed by atoms with Gasteiger partial charge in [-0.3, -0.25) is 14.3 Å². The number of likely N-dealkylation sites (N-methyl/N-ethyl adjacent to an activating group) is 1. The number of fused-ring (bicyclic) bond motifs is 1. The zero-order valence-corrected chi connectivity index (χ0v) is 17.0. The highest BCUT2D eigenvalue weighted by molar-refractivity contribution is 7.16. The highest BCUT2D eigenvalue weighted by Gasteiger charge is 2.28. The van der Waals surface area contributed by atoms with Crippen LogP contribution in [-0.2, 0) is 6.54 Å². The molecule has 0 bridgehead atoms. The van der Waals surface area contributed by atoms with Crippen molar-refractivity contribution in [1.29, 1.82) is 0 Å². The van der Waals surface area contributed by atoms with Gasteiger partial charge in [0.25, 0.3) is 10.8 Å². The first-order valence-corrected chi connectivity index (χ1v) is 10.4. The van der Waals surface area contributed by atoms with E-state index < -0.39 is 5.26 Å². The highest BCUT2D eigenvalue weighted by Crippen LogP contribution is 2.26. The molecule has 8 heteroatoms. The van der Waals surface area contributed by atoms with Crippen molar-refractivity contribution in [3.8, 4) is 0 Å². The smallest absolute Gasteiger partial charge is 0.281 e. The number of halogens is 1. The summed E-state index contributed by atoms with van der Waals surface area (Å²) in [5.41, 5.74) is 0.864. The first-order valence-electron chi connectivity index (χ1n) is 9.60. The highest BCUT2D eigenvalue weighted by atomic mass is 32.1. The maximum atomic E-state index is 13.8. The lowest BCUT2D eigenvalue weighted by Crippen LogP contribution is -2.47. The predicted molar refractivity (Wildman–Crippen MR) is 109 cm³/mol. The van der Waals surface area contributed by atoms with Crippen molar-refractivity contribution in [1.82, 2.24) is 24.3 Å². The van der Waals surface area contributed by atoms with E-state index in [-0.39, 0.29) is 17.1 Å². The summed E-state index contributed by atoms with van der Waals surface area (Å²) in [6, 6.07) is 9.83. The lowest BCUT2D eigenvalue weighted by molar-refractivity contribution is 0.103. The molecule has 0 aliphatic carbocycles. The van der Waals surface area contributed by atoms with Gasteiger partial charge < -0.3 is 4.90 Å². The Morgan fingerprint density at radius 3 is 2.54 bits per heavy atom. The van der Waals surface area contributed by atoms with E-state index in [0.29, 0.717) is 17.2 Å². The minimum Gasteiger partial charge on any atom is -0.304 e. The van der Waals surface area contributed by atoms with E-state index in [9.17, 15) is 9.18 Å². The molecule has 28 heavy (non-hydrogen) atoms. The molecule has 148 valence electrons. The van der Waals surface area contributed by atoms with E-state index in [1.807, 2.05) is 30.3 Å². The van der Waals surface area contributed by atoms with Gasteiger partial charge in [0.15, 0.2) is 10.3 Å². The van der Waals surface area contributed by atoms with Crippen LogP contribution in [0.15, 0.2) is 35.1 Å².